The summed E-state index contributed by atoms with van der Waals surface area (Å²) in [6, 6.07) is 7.61. The number of carbonyl (C=O) groups is 1. The van der Waals surface area contributed by atoms with E-state index in [1.54, 1.807) is 0 Å². The van der Waals surface area contributed by atoms with Gasteiger partial charge in [0.1, 0.15) is 5.78 Å². The molecule has 1 aromatic rings. The molecule has 0 radical (unpaired) electrons. The van der Waals surface area contributed by atoms with E-state index in [9.17, 15) is 4.79 Å². The van der Waals surface area contributed by atoms with E-state index in [-0.39, 0.29) is 5.92 Å². The van der Waals surface area contributed by atoms with Crippen molar-refractivity contribution in [3.05, 3.63) is 34.9 Å². The smallest absolute Gasteiger partial charge is 0.140 e. The van der Waals surface area contributed by atoms with Crippen LogP contribution in [0.5, 0.6) is 0 Å². The molecule has 1 nitrogen and oxygen atoms in total. The lowest BCUT2D eigenvalue weighted by Crippen LogP contribution is -2.03. The van der Waals surface area contributed by atoms with Gasteiger partial charge in [-0.3, -0.25) is 4.79 Å². The first-order valence-electron chi connectivity index (χ1n) is 4.55. The van der Waals surface area contributed by atoms with Crippen LogP contribution in [-0.2, 0) is 4.79 Å². The molecule has 0 aliphatic heterocycles. The minimum absolute atomic E-state index is 0.136. The first-order valence-corrected chi connectivity index (χ1v) is 4.93. The lowest BCUT2D eigenvalue weighted by molar-refractivity contribution is -0.118. The molecule has 13 heavy (non-hydrogen) atoms. The number of rotatable bonds is 1. The van der Waals surface area contributed by atoms with Gasteiger partial charge in [-0.1, -0.05) is 23.7 Å². The molecule has 1 atom stereocenters. The van der Waals surface area contributed by atoms with Crippen LogP contribution in [0.1, 0.15) is 30.7 Å². The minimum atomic E-state index is 0.136. The molecule has 0 saturated heterocycles. The third-order valence-corrected chi connectivity index (χ3v) is 2.83. The lowest BCUT2D eigenvalue weighted by Gasteiger charge is -2.07. The highest BCUT2D eigenvalue weighted by atomic mass is 35.5. The monoisotopic (exact) mass is 194 g/mol. The van der Waals surface area contributed by atoms with Crippen molar-refractivity contribution >= 4 is 17.4 Å². The fourth-order valence-electron chi connectivity index (χ4n) is 1.86. The molecular formula is C11H11ClO. The Labute approximate surface area is 82.7 Å². The fraction of sp³-hybridized carbons (Fsp3) is 0.364. The summed E-state index contributed by atoms with van der Waals surface area (Å²) in [6.07, 6.45) is 2.78. The zero-order valence-corrected chi connectivity index (χ0v) is 8.05. The molecule has 2 rings (SSSR count). The van der Waals surface area contributed by atoms with Crippen molar-refractivity contribution in [1.82, 2.24) is 0 Å². The number of hydrogen-bond donors (Lipinski definition) is 0. The number of Topliss-reactive ketones (excluding diaryl/α,β-unsaturated/α-hetero) is 1. The predicted octanol–water partition coefficient (Wildman–Crippen LogP) is 3.18. The van der Waals surface area contributed by atoms with Crippen LogP contribution < -0.4 is 0 Å². The molecule has 0 heterocycles. The first kappa shape index (κ1) is 8.76. The molecule has 0 bridgehead atoms. The summed E-state index contributed by atoms with van der Waals surface area (Å²) in [5, 5.41) is 0.731. The number of benzene rings is 1. The molecular weight excluding hydrogens is 184 g/mol. The van der Waals surface area contributed by atoms with E-state index in [0.29, 0.717) is 5.78 Å². The number of hydrogen-bond acceptors (Lipinski definition) is 1. The summed E-state index contributed by atoms with van der Waals surface area (Å²) < 4.78 is 0. The Bertz CT molecular complexity index is 315. The van der Waals surface area contributed by atoms with Crippen LogP contribution in [0.2, 0.25) is 5.02 Å². The summed E-state index contributed by atoms with van der Waals surface area (Å²) in [6.45, 7) is 0. The molecule has 68 valence electrons. The second-order valence-corrected chi connectivity index (χ2v) is 3.90. The van der Waals surface area contributed by atoms with Crippen LogP contribution in [-0.4, -0.2) is 5.78 Å². The van der Waals surface area contributed by atoms with E-state index in [2.05, 4.69) is 0 Å². The second kappa shape index (κ2) is 3.51. The van der Waals surface area contributed by atoms with Gasteiger partial charge in [-0.25, -0.2) is 0 Å². The molecule has 0 amide bonds. The van der Waals surface area contributed by atoms with Crippen molar-refractivity contribution in [2.45, 2.75) is 25.2 Å². The highest BCUT2D eigenvalue weighted by Gasteiger charge is 2.25. The van der Waals surface area contributed by atoms with Crippen molar-refractivity contribution in [1.29, 1.82) is 0 Å². The van der Waals surface area contributed by atoms with Gasteiger partial charge in [0.05, 0.1) is 0 Å². The molecule has 0 N–H and O–H groups in total. The molecule has 1 fully saturated rings. The predicted molar refractivity (Wildman–Crippen MR) is 53.1 cm³/mol. The zero-order valence-electron chi connectivity index (χ0n) is 7.29. The van der Waals surface area contributed by atoms with Crippen LogP contribution >= 0.6 is 11.6 Å². The topological polar surface area (TPSA) is 17.1 Å². The molecule has 1 aliphatic rings. The molecule has 1 aliphatic carbocycles. The van der Waals surface area contributed by atoms with Crippen LogP contribution in [0.25, 0.3) is 0 Å². The summed E-state index contributed by atoms with van der Waals surface area (Å²) in [5.74, 6) is 0.514. The largest absolute Gasteiger partial charge is 0.299 e. The van der Waals surface area contributed by atoms with Crippen LogP contribution in [0, 0.1) is 0 Å². The van der Waals surface area contributed by atoms with Crippen molar-refractivity contribution in [2.24, 2.45) is 0 Å². The lowest BCUT2D eigenvalue weighted by atomic mass is 9.97. The molecule has 1 aromatic carbocycles. The Morgan fingerprint density at radius 2 is 1.92 bits per heavy atom. The van der Waals surface area contributed by atoms with Gasteiger partial charge in [-0.05, 0) is 30.5 Å². The summed E-state index contributed by atoms with van der Waals surface area (Å²) in [4.78, 5) is 11.4. The van der Waals surface area contributed by atoms with E-state index in [0.717, 1.165) is 29.8 Å². The fourth-order valence-corrected chi connectivity index (χ4v) is 1.99. The Hall–Kier alpha value is -0.820. The van der Waals surface area contributed by atoms with Gasteiger partial charge in [0.15, 0.2) is 0 Å². The average Bonchev–Trinajstić information content (AvgIpc) is 2.53. The zero-order chi connectivity index (χ0) is 9.26. The van der Waals surface area contributed by atoms with Crippen LogP contribution in [0.3, 0.4) is 0 Å². The average molecular weight is 195 g/mol. The highest BCUT2D eigenvalue weighted by Crippen LogP contribution is 2.31. The minimum Gasteiger partial charge on any atom is -0.299 e. The third-order valence-electron chi connectivity index (χ3n) is 2.58. The van der Waals surface area contributed by atoms with Gasteiger partial charge < -0.3 is 0 Å². The maximum Gasteiger partial charge on any atom is 0.140 e. The van der Waals surface area contributed by atoms with Gasteiger partial charge in [0, 0.05) is 17.4 Å². The van der Waals surface area contributed by atoms with Crippen molar-refractivity contribution in [3.63, 3.8) is 0 Å². The van der Waals surface area contributed by atoms with Gasteiger partial charge in [-0.2, -0.15) is 0 Å². The van der Waals surface area contributed by atoms with E-state index >= 15 is 0 Å². The van der Waals surface area contributed by atoms with Gasteiger partial charge >= 0.3 is 0 Å². The van der Waals surface area contributed by atoms with Crippen molar-refractivity contribution in [3.8, 4) is 0 Å². The molecule has 2 heteroatoms. The summed E-state index contributed by atoms with van der Waals surface area (Å²) >= 11 is 5.77. The van der Waals surface area contributed by atoms with E-state index in [1.807, 2.05) is 24.3 Å². The standard InChI is InChI=1S/C11H11ClO/c12-9-6-4-8(5-7-9)10-2-1-3-11(10)13/h4-7,10H,1-3H2/t10-/m1/s1. The molecule has 1 saturated carbocycles. The quantitative estimate of drug-likeness (QED) is 0.671. The van der Waals surface area contributed by atoms with Crippen molar-refractivity contribution in [2.75, 3.05) is 0 Å². The third kappa shape index (κ3) is 1.75. The highest BCUT2D eigenvalue weighted by molar-refractivity contribution is 6.30. The summed E-state index contributed by atoms with van der Waals surface area (Å²) in [5.41, 5.74) is 1.12. The Morgan fingerprint density at radius 3 is 2.46 bits per heavy atom. The van der Waals surface area contributed by atoms with E-state index in [1.165, 1.54) is 0 Å². The van der Waals surface area contributed by atoms with E-state index < -0.39 is 0 Å². The first-order chi connectivity index (χ1) is 6.27. The van der Waals surface area contributed by atoms with Gasteiger partial charge in [0.2, 0.25) is 0 Å². The van der Waals surface area contributed by atoms with Gasteiger partial charge in [0.25, 0.3) is 0 Å². The Balaban J connectivity index is 2.25. The van der Waals surface area contributed by atoms with Crippen LogP contribution in [0.15, 0.2) is 24.3 Å². The maximum atomic E-state index is 11.4. The maximum absolute atomic E-state index is 11.4. The normalized spacial score (nSPS) is 22.2. The molecule has 0 spiro atoms. The molecule has 0 unspecified atom stereocenters. The number of ketones is 1. The summed E-state index contributed by atoms with van der Waals surface area (Å²) in [7, 11) is 0. The van der Waals surface area contributed by atoms with Crippen LogP contribution in [0.4, 0.5) is 0 Å². The van der Waals surface area contributed by atoms with Crippen molar-refractivity contribution < 1.29 is 4.79 Å². The SMILES string of the molecule is O=C1CCC[C@@H]1c1ccc(Cl)cc1. The number of carbonyl (C=O) groups excluding carboxylic acids is 1. The second-order valence-electron chi connectivity index (χ2n) is 3.46. The Kier molecular flexibility index (Phi) is 2.36. The van der Waals surface area contributed by atoms with E-state index in [4.69, 9.17) is 11.6 Å². The molecule has 0 aromatic heterocycles. The van der Waals surface area contributed by atoms with Gasteiger partial charge in [-0.15, -0.1) is 0 Å². The number of halogens is 1. The Morgan fingerprint density at radius 1 is 1.23 bits per heavy atom.